The van der Waals surface area contributed by atoms with E-state index in [0.29, 0.717) is 11.4 Å². The second-order valence-electron chi connectivity index (χ2n) is 4.91. The lowest BCUT2D eigenvalue weighted by atomic mass is 10.1. The molecule has 0 unspecified atom stereocenters. The van der Waals surface area contributed by atoms with Gasteiger partial charge in [0.1, 0.15) is 11.6 Å². The van der Waals surface area contributed by atoms with Crippen LogP contribution in [0.2, 0.25) is 0 Å². The van der Waals surface area contributed by atoms with Crippen LogP contribution in [0.15, 0.2) is 41.5 Å². The Morgan fingerprint density at radius 2 is 2.19 bits per heavy atom. The van der Waals surface area contributed by atoms with Crippen molar-refractivity contribution in [1.29, 1.82) is 0 Å². The fourth-order valence-electron chi connectivity index (χ4n) is 2.45. The number of rotatable bonds is 4. The van der Waals surface area contributed by atoms with Gasteiger partial charge >= 0.3 is 0 Å². The van der Waals surface area contributed by atoms with Gasteiger partial charge in [-0.15, -0.1) is 0 Å². The maximum atomic E-state index is 12.3. The molecule has 0 aliphatic carbocycles. The molecule has 2 aromatic heterocycles. The van der Waals surface area contributed by atoms with Gasteiger partial charge < -0.3 is 14.3 Å². The molecule has 0 aliphatic heterocycles. The Bertz CT molecular complexity index is 833. The minimum atomic E-state index is -0.129. The summed E-state index contributed by atoms with van der Waals surface area (Å²) in [7, 11) is 1.63. The molecule has 0 saturated heterocycles. The summed E-state index contributed by atoms with van der Waals surface area (Å²) < 4.78 is 7.23. The van der Waals surface area contributed by atoms with Crippen LogP contribution in [0.3, 0.4) is 0 Å². The van der Waals surface area contributed by atoms with E-state index in [0.717, 1.165) is 29.6 Å². The normalized spacial score (nSPS) is 11.0. The molecule has 0 atom stereocenters. The van der Waals surface area contributed by atoms with Crippen LogP contribution in [0, 0.1) is 0 Å². The largest absolute Gasteiger partial charge is 0.497 e. The van der Waals surface area contributed by atoms with Gasteiger partial charge in [-0.05, 0) is 30.7 Å². The Labute approximate surface area is 122 Å². The monoisotopic (exact) mass is 283 g/mol. The highest BCUT2D eigenvalue weighted by atomic mass is 16.5. The predicted molar refractivity (Wildman–Crippen MR) is 82.6 cm³/mol. The van der Waals surface area contributed by atoms with Crippen molar-refractivity contribution in [1.82, 2.24) is 14.5 Å². The van der Waals surface area contributed by atoms with Crippen LogP contribution in [0.25, 0.3) is 22.3 Å². The molecule has 1 aromatic carbocycles. The second-order valence-corrected chi connectivity index (χ2v) is 4.91. The van der Waals surface area contributed by atoms with Gasteiger partial charge in [0.05, 0.1) is 12.7 Å². The number of methoxy groups -OCH3 is 1. The molecule has 5 heteroatoms. The van der Waals surface area contributed by atoms with E-state index in [1.54, 1.807) is 13.3 Å². The lowest BCUT2D eigenvalue weighted by Crippen LogP contribution is -2.12. The van der Waals surface area contributed by atoms with Crippen LogP contribution in [-0.2, 0) is 6.54 Å². The first-order valence-electron chi connectivity index (χ1n) is 6.95. The number of aryl methyl sites for hydroxylation is 1. The molecule has 0 spiro atoms. The number of pyridine rings is 1. The highest BCUT2D eigenvalue weighted by Gasteiger charge is 2.11. The molecule has 3 rings (SSSR count). The van der Waals surface area contributed by atoms with Crippen molar-refractivity contribution in [3.8, 4) is 17.1 Å². The minimum absolute atomic E-state index is 0.129. The molecule has 2 heterocycles. The first-order chi connectivity index (χ1) is 10.2. The van der Waals surface area contributed by atoms with Crippen LogP contribution in [-0.4, -0.2) is 21.6 Å². The molecule has 0 fully saturated rings. The Morgan fingerprint density at radius 1 is 1.33 bits per heavy atom. The Hall–Kier alpha value is -2.56. The summed E-state index contributed by atoms with van der Waals surface area (Å²) in [6, 6.07) is 7.45. The van der Waals surface area contributed by atoms with Crippen LogP contribution >= 0.6 is 0 Å². The van der Waals surface area contributed by atoms with E-state index in [2.05, 4.69) is 16.9 Å². The quantitative estimate of drug-likeness (QED) is 0.801. The third-order valence-electron chi connectivity index (χ3n) is 3.47. The topological polar surface area (TPSA) is 59.9 Å². The van der Waals surface area contributed by atoms with Crippen LogP contribution < -0.4 is 10.3 Å². The number of ether oxygens (including phenoxy) is 1. The fraction of sp³-hybridized carbons (Fsp3) is 0.250. The van der Waals surface area contributed by atoms with Crippen LogP contribution in [0.5, 0.6) is 5.75 Å². The van der Waals surface area contributed by atoms with E-state index in [1.807, 2.05) is 35.0 Å². The number of fused-ring (bicyclic) bond motifs is 1. The highest BCUT2D eigenvalue weighted by molar-refractivity contribution is 5.83. The highest BCUT2D eigenvalue weighted by Crippen LogP contribution is 2.22. The molecule has 108 valence electrons. The number of aromatic amines is 1. The Morgan fingerprint density at radius 3 is 2.95 bits per heavy atom. The smallest absolute Gasteiger partial charge is 0.259 e. The summed E-state index contributed by atoms with van der Waals surface area (Å²) in [4.78, 5) is 19.5. The maximum absolute atomic E-state index is 12.3. The first kappa shape index (κ1) is 13.4. The van der Waals surface area contributed by atoms with Gasteiger partial charge in [-0.3, -0.25) is 4.79 Å². The Balaban J connectivity index is 2.19. The van der Waals surface area contributed by atoms with Crippen molar-refractivity contribution >= 4 is 10.9 Å². The summed E-state index contributed by atoms with van der Waals surface area (Å²) in [5.74, 6) is 1.46. The summed E-state index contributed by atoms with van der Waals surface area (Å²) in [6.45, 7) is 2.93. The molecule has 1 N–H and O–H groups in total. The zero-order valence-electron chi connectivity index (χ0n) is 12.1. The number of hydrogen-bond acceptors (Lipinski definition) is 3. The number of H-pyrrole nitrogens is 1. The number of nitrogens with one attached hydrogen (secondary N) is 1. The van der Waals surface area contributed by atoms with Crippen molar-refractivity contribution < 1.29 is 4.74 Å². The molecular weight excluding hydrogens is 266 g/mol. The number of benzene rings is 1. The SMILES string of the molecule is CCCn1ccnc1-c1cc2cc(OC)ccc2[nH]c1=O. The molecule has 5 nitrogen and oxygen atoms in total. The average Bonchev–Trinajstić information content (AvgIpc) is 2.94. The third-order valence-corrected chi connectivity index (χ3v) is 3.47. The number of aromatic nitrogens is 3. The minimum Gasteiger partial charge on any atom is -0.497 e. The maximum Gasteiger partial charge on any atom is 0.259 e. The molecule has 0 amide bonds. The number of imidazole rings is 1. The van der Waals surface area contributed by atoms with Gasteiger partial charge in [0.25, 0.3) is 5.56 Å². The Kier molecular flexibility index (Phi) is 3.48. The van der Waals surface area contributed by atoms with Gasteiger partial charge in [0.2, 0.25) is 0 Å². The predicted octanol–water partition coefficient (Wildman–Crippen LogP) is 2.81. The van der Waals surface area contributed by atoms with E-state index in [9.17, 15) is 4.79 Å². The average molecular weight is 283 g/mol. The fourth-order valence-corrected chi connectivity index (χ4v) is 2.45. The van der Waals surface area contributed by atoms with Gasteiger partial charge in [0, 0.05) is 29.8 Å². The third kappa shape index (κ3) is 2.42. The first-order valence-corrected chi connectivity index (χ1v) is 6.95. The van der Waals surface area contributed by atoms with Gasteiger partial charge in [0.15, 0.2) is 0 Å². The molecule has 21 heavy (non-hydrogen) atoms. The van der Waals surface area contributed by atoms with Crippen molar-refractivity contribution in [2.75, 3.05) is 7.11 Å². The van der Waals surface area contributed by atoms with Crippen molar-refractivity contribution in [2.45, 2.75) is 19.9 Å². The van der Waals surface area contributed by atoms with E-state index in [-0.39, 0.29) is 5.56 Å². The van der Waals surface area contributed by atoms with E-state index in [4.69, 9.17) is 4.74 Å². The molecule has 0 saturated carbocycles. The summed E-state index contributed by atoms with van der Waals surface area (Å²) >= 11 is 0. The van der Waals surface area contributed by atoms with Crippen molar-refractivity contribution in [3.63, 3.8) is 0 Å². The lowest BCUT2D eigenvalue weighted by Gasteiger charge is -2.07. The molecule has 0 aliphatic rings. The molecular formula is C16H17N3O2. The number of hydrogen-bond donors (Lipinski definition) is 1. The van der Waals surface area contributed by atoms with Gasteiger partial charge in [-0.1, -0.05) is 6.92 Å². The zero-order valence-corrected chi connectivity index (χ0v) is 12.1. The van der Waals surface area contributed by atoms with E-state index < -0.39 is 0 Å². The molecule has 3 aromatic rings. The van der Waals surface area contributed by atoms with Crippen molar-refractivity contribution in [2.24, 2.45) is 0 Å². The van der Waals surface area contributed by atoms with Gasteiger partial charge in [-0.2, -0.15) is 0 Å². The second kappa shape index (κ2) is 5.44. The summed E-state index contributed by atoms with van der Waals surface area (Å²) in [5.41, 5.74) is 1.24. The number of nitrogens with zero attached hydrogens (tertiary/aromatic N) is 2. The lowest BCUT2D eigenvalue weighted by molar-refractivity contribution is 0.415. The standard InChI is InChI=1S/C16H17N3O2/c1-3-7-19-8-6-17-15(19)13-10-11-9-12(21-2)4-5-14(11)18-16(13)20/h4-6,8-10H,3,7H2,1-2H3,(H,18,20). The van der Waals surface area contributed by atoms with E-state index >= 15 is 0 Å². The zero-order chi connectivity index (χ0) is 14.8. The molecule has 0 radical (unpaired) electrons. The van der Waals surface area contributed by atoms with Crippen molar-refractivity contribution in [3.05, 3.63) is 47.0 Å². The summed E-state index contributed by atoms with van der Waals surface area (Å²) in [5, 5.41) is 0.926. The van der Waals surface area contributed by atoms with Crippen LogP contribution in [0.1, 0.15) is 13.3 Å². The van der Waals surface area contributed by atoms with E-state index in [1.165, 1.54) is 0 Å². The summed E-state index contributed by atoms with van der Waals surface area (Å²) in [6.07, 6.45) is 4.61. The van der Waals surface area contributed by atoms with Gasteiger partial charge in [-0.25, -0.2) is 4.98 Å². The molecule has 0 bridgehead atoms. The van der Waals surface area contributed by atoms with Crippen LogP contribution in [0.4, 0.5) is 0 Å².